The van der Waals surface area contributed by atoms with Crippen LogP contribution >= 0.6 is 0 Å². The molecule has 0 aliphatic carbocycles. The van der Waals surface area contributed by atoms with Gasteiger partial charge in [0.25, 0.3) is 0 Å². The highest BCUT2D eigenvalue weighted by atomic mass is 16.2. The van der Waals surface area contributed by atoms with E-state index in [9.17, 15) is 4.79 Å². The van der Waals surface area contributed by atoms with Gasteiger partial charge in [-0.3, -0.25) is 4.79 Å². The second-order valence-electron chi connectivity index (χ2n) is 7.95. The van der Waals surface area contributed by atoms with Gasteiger partial charge in [0.2, 0.25) is 5.91 Å². The zero-order valence-electron chi connectivity index (χ0n) is 19.0. The molecule has 0 spiro atoms. The van der Waals surface area contributed by atoms with Gasteiger partial charge < -0.3 is 19.6 Å². The number of hydrogen-bond acceptors (Lipinski definition) is 4. The molecule has 27 heavy (non-hydrogen) atoms. The second kappa shape index (κ2) is 13.5. The largest absolute Gasteiger partial charge is 0.340 e. The predicted octanol–water partition coefficient (Wildman–Crippen LogP) is 2.87. The Hall–Kier alpha value is -0.650. The van der Waals surface area contributed by atoms with E-state index in [1.807, 2.05) is 27.7 Å². The van der Waals surface area contributed by atoms with Crippen molar-refractivity contribution in [1.29, 1.82) is 0 Å². The summed E-state index contributed by atoms with van der Waals surface area (Å²) in [5.41, 5.74) is 0. The van der Waals surface area contributed by atoms with Crippen molar-refractivity contribution in [2.45, 2.75) is 53.4 Å². The van der Waals surface area contributed by atoms with Gasteiger partial charge in [-0.2, -0.15) is 0 Å². The fourth-order valence-corrected chi connectivity index (χ4v) is 4.26. The van der Waals surface area contributed by atoms with Crippen LogP contribution in [0.4, 0.5) is 0 Å². The SMILES string of the molecule is CC.CC.CN1CCC(CN2CCC(C(=O)N3CCN(C)CC3)CC2)CC1. The highest BCUT2D eigenvalue weighted by Gasteiger charge is 2.30. The predicted molar refractivity (Wildman–Crippen MR) is 116 cm³/mol. The van der Waals surface area contributed by atoms with Crippen LogP contribution in [-0.2, 0) is 4.79 Å². The Morgan fingerprint density at radius 3 is 1.70 bits per heavy atom. The molecule has 5 nitrogen and oxygen atoms in total. The molecule has 0 radical (unpaired) electrons. The van der Waals surface area contributed by atoms with Crippen LogP contribution in [0, 0.1) is 11.8 Å². The summed E-state index contributed by atoms with van der Waals surface area (Å²) in [4.78, 5) is 22.2. The van der Waals surface area contributed by atoms with E-state index in [0.717, 1.165) is 58.0 Å². The van der Waals surface area contributed by atoms with Crippen LogP contribution in [0.1, 0.15) is 53.4 Å². The van der Waals surface area contributed by atoms with Gasteiger partial charge in [0.05, 0.1) is 0 Å². The van der Waals surface area contributed by atoms with Gasteiger partial charge in [-0.05, 0) is 71.9 Å². The monoisotopic (exact) mass is 382 g/mol. The second-order valence-corrected chi connectivity index (χ2v) is 7.95. The zero-order chi connectivity index (χ0) is 20.2. The number of piperidine rings is 2. The van der Waals surface area contributed by atoms with Crippen molar-refractivity contribution in [2.24, 2.45) is 11.8 Å². The van der Waals surface area contributed by atoms with Gasteiger partial charge >= 0.3 is 0 Å². The lowest BCUT2D eigenvalue weighted by Crippen LogP contribution is -2.50. The Kier molecular flexibility index (Phi) is 12.2. The first kappa shape index (κ1) is 24.4. The molecule has 5 heteroatoms. The van der Waals surface area contributed by atoms with Crippen LogP contribution in [0.25, 0.3) is 0 Å². The first-order valence-electron chi connectivity index (χ1n) is 11.5. The third kappa shape index (κ3) is 8.08. The molecule has 3 aliphatic rings. The number of rotatable bonds is 3. The van der Waals surface area contributed by atoms with Crippen LogP contribution in [0.3, 0.4) is 0 Å². The summed E-state index contributed by atoms with van der Waals surface area (Å²) in [7, 11) is 4.37. The zero-order valence-corrected chi connectivity index (χ0v) is 19.0. The molecule has 0 aromatic heterocycles. The Balaban J connectivity index is 0.000000855. The fourth-order valence-electron chi connectivity index (χ4n) is 4.26. The van der Waals surface area contributed by atoms with Gasteiger partial charge in [0.15, 0.2) is 0 Å². The summed E-state index contributed by atoms with van der Waals surface area (Å²) in [5.74, 6) is 1.58. The fraction of sp³-hybridized carbons (Fsp3) is 0.955. The molecule has 3 saturated heterocycles. The number of carbonyl (C=O) groups is 1. The molecular weight excluding hydrogens is 336 g/mol. The van der Waals surface area contributed by atoms with Crippen LogP contribution in [0.15, 0.2) is 0 Å². The van der Waals surface area contributed by atoms with Gasteiger partial charge in [-0.1, -0.05) is 27.7 Å². The number of likely N-dealkylation sites (N-methyl/N-ethyl adjacent to an activating group) is 1. The van der Waals surface area contributed by atoms with E-state index < -0.39 is 0 Å². The van der Waals surface area contributed by atoms with E-state index in [2.05, 4.69) is 33.7 Å². The van der Waals surface area contributed by atoms with Gasteiger partial charge in [-0.15, -0.1) is 0 Å². The molecule has 0 N–H and O–H groups in total. The van der Waals surface area contributed by atoms with Crippen molar-refractivity contribution in [2.75, 3.05) is 73.0 Å². The maximum absolute atomic E-state index is 12.7. The molecule has 3 fully saturated rings. The number of hydrogen-bond donors (Lipinski definition) is 0. The van der Waals surface area contributed by atoms with E-state index in [4.69, 9.17) is 0 Å². The molecule has 0 aromatic carbocycles. The molecule has 3 rings (SSSR count). The summed E-state index contributed by atoms with van der Waals surface area (Å²) in [6, 6.07) is 0. The highest BCUT2D eigenvalue weighted by molar-refractivity contribution is 5.79. The van der Waals surface area contributed by atoms with Crippen molar-refractivity contribution in [1.82, 2.24) is 19.6 Å². The first-order valence-corrected chi connectivity index (χ1v) is 11.5. The van der Waals surface area contributed by atoms with E-state index in [1.165, 1.54) is 32.5 Å². The van der Waals surface area contributed by atoms with Gasteiger partial charge in [0.1, 0.15) is 0 Å². The highest BCUT2D eigenvalue weighted by Crippen LogP contribution is 2.23. The lowest BCUT2D eigenvalue weighted by atomic mass is 9.92. The molecule has 1 amide bonds. The third-order valence-electron chi connectivity index (χ3n) is 6.11. The average molecular weight is 383 g/mol. The minimum atomic E-state index is 0.284. The maximum Gasteiger partial charge on any atom is 0.225 e. The van der Waals surface area contributed by atoms with Crippen molar-refractivity contribution < 1.29 is 4.79 Å². The lowest BCUT2D eigenvalue weighted by Gasteiger charge is -2.39. The molecule has 0 atom stereocenters. The molecule has 0 unspecified atom stereocenters. The summed E-state index contributed by atoms with van der Waals surface area (Å²) >= 11 is 0. The average Bonchev–Trinajstić information content (AvgIpc) is 2.73. The number of carbonyl (C=O) groups excluding carboxylic acids is 1. The molecule has 0 saturated carbocycles. The maximum atomic E-state index is 12.7. The summed E-state index contributed by atoms with van der Waals surface area (Å²) < 4.78 is 0. The molecule has 3 heterocycles. The van der Waals surface area contributed by atoms with Crippen molar-refractivity contribution >= 4 is 5.91 Å². The van der Waals surface area contributed by atoms with E-state index >= 15 is 0 Å². The molecular formula is C22H46N4O. The summed E-state index contributed by atoms with van der Waals surface area (Å²) in [5, 5.41) is 0. The minimum absolute atomic E-state index is 0.284. The van der Waals surface area contributed by atoms with Crippen LogP contribution in [0.2, 0.25) is 0 Å². The number of piperazine rings is 1. The first-order chi connectivity index (χ1) is 13.1. The molecule has 0 bridgehead atoms. The molecule has 0 aromatic rings. The minimum Gasteiger partial charge on any atom is -0.340 e. The van der Waals surface area contributed by atoms with Crippen molar-refractivity contribution in [3.63, 3.8) is 0 Å². The smallest absolute Gasteiger partial charge is 0.225 e. The van der Waals surface area contributed by atoms with E-state index in [-0.39, 0.29) is 5.92 Å². The van der Waals surface area contributed by atoms with Gasteiger partial charge in [0, 0.05) is 38.6 Å². The van der Waals surface area contributed by atoms with Crippen LogP contribution in [-0.4, -0.2) is 98.5 Å². The van der Waals surface area contributed by atoms with Crippen molar-refractivity contribution in [3.8, 4) is 0 Å². The van der Waals surface area contributed by atoms with E-state index in [0.29, 0.717) is 5.91 Å². The third-order valence-corrected chi connectivity index (χ3v) is 6.11. The van der Waals surface area contributed by atoms with Crippen LogP contribution in [0.5, 0.6) is 0 Å². The van der Waals surface area contributed by atoms with Crippen molar-refractivity contribution in [3.05, 3.63) is 0 Å². The number of likely N-dealkylation sites (tertiary alicyclic amines) is 2. The summed E-state index contributed by atoms with van der Waals surface area (Å²) in [6.07, 6.45) is 4.82. The quantitative estimate of drug-likeness (QED) is 0.751. The Labute approximate surface area is 169 Å². The Bertz CT molecular complexity index is 380. The van der Waals surface area contributed by atoms with Crippen LogP contribution < -0.4 is 0 Å². The van der Waals surface area contributed by atoms with Gasteiger partial charge in [-0.25, -0.2) is 0 Å². The normalized spacial score (nSPS) is 23.9. The molecule has 160 valence electrons. The summed E-state index contributed by atoms with van der Waals surface area (Å²) in [6.45, 7) is 17.9. The number of nitrogens with zero attached hydrogens (tertiary/aromatic N) is 4. The lowest BCUT2D eigenvalue weighted by molar-refractivity contribution is -0.138. The topological polar surface area (TPSA) is 30.0 Å². The standard InChI is InChI=1S/C18H34N4O.2C2H6/c1-19-7-3-16(4-8-19)15-21-9-5-17(6-10-21)18(23)22-13-11-20(2)12-14-22;2*1-2/h16-17H,3-15H2,1-2H3;2*1-2H3. The van der Waals surface area contributed by atoms with E-state index in [1.54, 1.807) is 0 Å². The Morgan fingerprint density at radius 2 is 1.19 bits per heavy atom. The Morgan fingerprint density at radius 1 is 0.704 bits per heavy atom. The molecule has 3 aliphatic heterocycles. The number of amides is 1.